The van der Waals surface area contributed by atoms with Crippen molar-refractivity contribution in [1.29, 1.82) is 0 Å². The number of furan rings is 1. The second-order valence-corrected chi connectivity index (χ2v) is 8.47. The SMILES string of the molecule is COC(=O)CCCN1C(=S)N[C@H](c2ccccn2)[C@@H]1c1ccc(-c2cccc(Cl)c2Cl)o1. The fourth-order valence-corrected chi connectivity index (χ4v) is 4.53. The Morgan fingerprint density at radius 3 is 2.81 bits per heavy atom. The highest BCUT2D eigenvalue weighted by Crippen LogP contribution is 2.42. The van der Waals surface area contributed by atoms with Crippen LogP contribution in [-0.4, -0.2) is 34.6 Å². The molecular weight excluding hydrogens is 469 g/mol. The summed E-state index contributed by atoms with van der Waals surface area (Å²) in [7, 11) is 1.38. The number of ether oxygens (including phenoxy) is 1. The lowest BCUT2D eigenvalue weighted by atomic mass is 10.0. The normalized spacial score (nSPS) is 18.0. The van der Waals surface area contributed by atoms with Gasteiger partial charge in [0.2, 0.25) is 0 Å². The molecule has 3 aromatic rings. The quantitative estimate of drug-likeness (QED) is 0.343. The van der Waals surface area contributed by atoms with Crippen LogP contribution < -0.4 is 5.32 Å². The van der Waals surface area contributed by atoms with Crippen LogP contribution in [0.2, 0.25) is 10.0 Å². The Morgan fingerprint density at radius 1 is 1.22 bits per heavy atom. The molecule has 9 heteroatoms. The number of esters is 1. The van der Waals surface area contributed by atoms with Crippen molar-refractivity contribution in [3.63, 3.8) is 0 Å². The second kappa shape index (κ2) is 9.90. The van der Waals surface area contributed by atoms with E-state index in [0.29, 0.717) is 51.6 Å². The number of aromatic nitrogens is 1. The van der Waals surface area contributed by atoms with Crippen molar-refractivity contribution in [3.05, 3.63) is 76.2 Å². The molecule has 0 radical (unpaired) electrons. The summed E-state index contributed by atoms with van der Waals surface area (Å²) in [5.41, 5.74) is 1.56. The third-order valence-corrected chi connectivity index (χ3v) is 6.51. The Hall–Kier alpha value is -2.61. The summed E-state index contributed by atoms with van der Waals surface area (Å²) in [4.78, 5) is 18.1. The summed E-state index contributed by atoms with van der Waals surface area (Å²) < 4.78 is 11.0. The molecule has 1 fully saturated rings. The topological polar surface area (TPSA) is 67.6 Å². The maximum atomic E-state index is 11.6. The van der Waals surface area contributed by atoms with Gasteiger partial charge in [0.1, 0.15) is 17.6 Å². The van der Waals surface area contributed by atoms with E-state index in [1.165, 1.54) is 7.11 Å². The molecule has 2 aromatic heterocycles. The lowest BCUT2D eigenvalue weighted by Crippen LogP contribution is -2.30. The van der Waals surface area contributed by atoms with E-state index in [1.54, 1.807) is 12.3 Å². The number of nitrogens with one attached hydrogen (secondary N) is 1. The monoisotopic (exact) mass is 489 g/mol. The van der Waals surface area contributed by atoms with E-state index in [4.69, 9.17) is 44.6 Å². The van der Waals surface area contributed by atoms with E-state index in [2.05, 4.69) is 10.3 Å². The van der Waals surface area contributed by atoms with Gasteiger partial charge in [0.25, 0.3) is 0 Å². The Bertz CT molecular complexity index is 1120. The van der Waals surface area contributed by atoms with Crippen LogP contribution in [-0.2, 0) is 9.53 Å². The molecule has 1 aromatic carbocycles. The first-order chi connectivity index (χ1) is 15.5. The van der Waals surface area contributed by atoms with Gasteiger partial charge in [-0.05, 0) is 55.0 Å². The summed E-state index contributed by atoms with van der Waals surface area (Å²) >= 11 is 18.2. The van der Waals surface area contributed by atoms with Crippen molar-refractivity contribution in [1.82, 2.24) is 15.2 Å². The highest BCUT2D eigenvalue weighted by Gasteiger charge is 2.41. The first-order valence-electron chi connectivity index (χ1n) is 10.1. The van der Waals surface area contributed by atoms with Crippen LogP contribution in [0, 0.1) is 0 Å². The zero-order chi connectivity index (χ0) is 22.7. The number of thiocarbonyl (C=S) groups is 1. The number of hydrogen-bond donors (Lipinski definition) is 1. The Morgan fingerprint density at radius 2 is 2.06 bits per heavy atom. The van der Waals surface area contributed by atoms with Crippen molar-refractivity contribution < 1.29 is 13.9 Å². The van der Waals surface area contributed by atoms with Crippen LogP contribution in [0.5, 0.6) is 0 Å². The van der Waals surface area contributed by atoms with Crippen LogP contribution >= 0.6 is 35.4 Å². The Balaban J connectivity index is 1.67. The zero-order valence-corrected chi connectivity index (χ0v) is 19.6. The standard InChI is InChI=1S/C23H21Cl2N3O3S/c1-30-19(29)9-5-13-28-22(21(27-23(28)32)16-8-2-3-12-26-16)18-11-10-17(31-18)14-6-4-7-15(24)20(14)25/h2-4,6-8,10-12,21-22H,5,9,13H2,1H3,(H,27,32)/t21-,22+/m1/s1. The molecule has 6 nitrogen and oxygen atoms in total. The van der Waals surface area contributed by atoms with Crippen molar-refractivity contribution >= 4 is 46.5 Å². The van der Waals surface area contributed by atoms with Gasteiger partial charge in [0.15, 0.2) is 5.11 Å². The van der Waals surface area contributed by atoms with Crippen LogP contribution in [0.1, 0.15) is 36.4 Å². The minimum absolute atomic E-state index is 0.212. The molecule has 0 unspecified atom stereocenters. The molecule has 0 bridgehead atoms. The highest BCUT2D eigenvalue weighted by molar-refractivity contribution is 7.80. The smallest absolute Gasteiger partial charge is 0.305 e. The third-order valence-electron chi connectivity index (χ3n) is 5.34. The molecule has 0 aliphatic carbocycles. The molecule has 32 heavy (non-hydrogen) atoms. The molecule has 0 saturated carbocycles. The number of carbonyl (C=O) groups excluding carboxylic acids is 1. The number of rotatable bonds is 7. The summed E-state index contributed by atoms with van der Waals surface area (Å²) in [6.45, 7) is 0.558. The van der Waals surface area contributed by atoms with Crippen LogP contribution in [0.25, 0.3) is 11.3 Å². The average Bonchev–Trinajstić information content (AvgIpc) is 3.41. The number of benzene rings is 1. The van der Waals surface area contributed by atoms with Gasteiger partial charge in [-0.25, -0.2) is 0 Å². The van der Waals surface area contributed by atoms with E-state index in [-0.39, 0.29) is 18.1 Å². The summed E-state index contributed by atoms with van der Waals surface area (Å²) in [5, 5.41) is 4.84. The second-order valence-electron chi connectivity index (χ2n) is 7.30. The van der Waals surface area contributed by atoms with Crippen molar-refractivity contribution in [3.8, 4) is 11.3 Å². The minimum atomic E-state index is -0.253. The van der Waals surface area contributed by atoms with Gasteiger partial charge < -0.3 is 19.4 Å². The fraction of sp³-hybridized carbons (Fsp3) is 0.261. The van der Waals surface area contributed by atoms with Crippen LogP contribution in [0.15, 0.2) is 59.1 Å². The largest absolute Gasteiger partial charge is 0.469 e. The first kappa shape index (κ1) is 22.6. The van der Waals surface area contributed by atoms with Crippen molar-refractivity contribution in [2.45, 2.75) is 24.9 Å². The Labute approximate surface area is 201 Å². The fourth-order valence-electron chi connectivity index (χ4n) is 3.80. The van der Waals surface area contributed by atoms with Crippen molar-refractivity contribution in [2.75, 3.05) is 13.7 Å². The van der Waals surface area contributed by atoms with Crippen LogP contribution in [0.4, 0.5) is 0 Å². The summed E-state index contributed by atoms with van der Waals surface area (Å²) in [6.07, 6.45) is 2.64. The Kier molecular flexibility index (Phi) is 6.98. The molecule has 166 valence electrons. The average molecular weight is 490 g/mol. The molecule has 1 aliphatic rings. The lowest BCUT2D eigenvalue weighted by molar-refractivity contribution is -0.140. The molecule has 0 spiro atoms. The number of nitrogens with zero attached hydrogens (tertiary/aromatic N) is 2. The molecular formula is C23H21Cl2N3O3S. The molecule has 2 atom stereocenters. The van der Waals surface area contributed by atoms with E-state index < -0.39 is 0 Å². The van der Waals surface area contributed by atoms with Gasteiger partial charge in [-0.2, -0.15) is 0 Å². The number of halogens is 2. The van der Waals surface area contributed by atoms with Gasteiger partial charge in [-0.15, -0.1) is 0 Å². The van der Waals surface area contributed by atoms with Crippen LogP contribution in [0.3, 0.4) is 0 Å². The molecule has 3 heterocycles. The molecule has 1 N–H and O–H groups in total. The van der Waals surface area contributed by atoms with Crippen molar-refractivity contribution in [2.24, 2.45) is 0 Å². The van der Waals surface area contributed by atoms with Gasteiger partial charge >= 0.3 is 5.97 Å². The van der Waals surface area contributed by atoms with E-state index in [1.807, 2.05) is 47.4 Å². The number of hydrogen-bond acceptors (Lipinski definition) is 5. The maximum Gasteiger partial charge on any atom is 0.305 e. The first-order valence-corrected chi connectivity index (χ1v) is 11.2. The predicted molar refractivity (Wildman–Crippen MR) is 128 cm³/mol. The van der Waals surface area contributed by atoms with Gasteiger partial charge in [-0.1, -0.05) is 35.3 Å². The number of pyridine rings is 1. The molecule has 0 amide bonds. The third kappa shape index (κ3) is 4.60. The van der Waals surface area contributed by atoms with E-state index in [0.717, 1.165) is 5.69 Å². The summed E-state index contributed by atoms with van der Waals surface area (Å²) in [5.74, 6) is 1.06. The molecule has 1 saturated heterocycles. The molecule has 1 aliphatic heterocycles. The number of carbonyl (C=O) groups is 1. The lowest BCUT2D eigenvalue weighted by Gasteiger charge is -2.25. The maximum absolute atomic E-state index is 11.6. The van der Waals surface area contributed by atoms with E-state index >= 15 is 0 Å². The van der Waals surface area contributed by atoms with Gasteiger partial charge in [0.05, 0.1) is 28.9 Å². The predicted octanol–water partition coefficient (Wildman–Crippen LogP) is 5.57. The zero-order valence-electron chi connectivity index (χ0n) is 17.3. The van der Waals surface area contributed by atoms with Gasteiger partial charge in [0, 0.05) is 24.7 Å². The molecule has 4 rings (SSSR count). The minimum Gasteiger partial charge on any atom is -0.469 e. The van der Waals surface area contributed by atoms with E-state index in [9.17, 15) is 4.79 Å². The van der Waals surface area contributed by atoms with Gasteiger partial charge in [-0.3, -0.25) is 9.78 Å². The summed E-state index contributed by atoms with van der Waals surface area (Å²) in [6, 6.07) is 14.5. The number of methoxy groups -OCH3 is 1. The highest BCUT2D eigenvalue weighted by atomic mass is 35.5.